The van der Waals surface area contributed by atoms with Gasteiger partial charge in [-0.05, 0) is 49.6 Å². The summed E-state index contributed by atoms with van der Waals surface area (Å²) < 4.78 is 28.9. The normalized spacial score (nSPS) is 15.3. The number of nitrogens with zero attached hydrogens (tertiary/aromatic N) is 2. The molecule has 2 heterocycles. The fourth-order valence-electron chi connectivity index (χ4n) is 3.73. The van der Waals surface area contributed by atoms with E-state index in [9.17, 15) is 18.4 Å². The Morgan fingerprint density at radius 2 is 2.06 bits per heavy atom. The largest absolute Gasteiger partial charge is 0.326 e. The molecule has 0 spiro atoms. The molecule has 0 radical (unpaired) electrons. The lowest BCUT2D eigenvalue weighted by atomic mass is 9.89. The number of nitrogens with one attached hydrogen (secondary N) is 2. The van der Waals surface area contributed by atoms with E-state index in [4.69, 9.17) is 0 Å². The minimum Gasteiger partial charge on any atom is -0.326 e. The molecule has 0 aliphatic carbocycles. The third kappa shape index (κ3) is 4.63. The van der Waals surface area contributed by atoms with Crippen molar-refractivity contribution in [2.24, 2.45) is 5.92 Å². The van der Waals surface area contributed by atoms with Gasteiger partial charge in [-0.2, -0.15) is 5.10 Å². The Morgan fingerprint density at radius 3 is 2.90 bits per heavy atom. The number of benzene rings is 2. The van der Waals surface area contributed by atoms with Gasteiger partial charge in [-0.1, -0.05) is 18.2 Å². The van der Waals surface area contributed by atoms with Crippen molar-refractivity contribution in [1.29, 1.82) is 0 Å². The number of halogens is 2. The van der Waals surface area contributed by atoms with Crippen molar-refractivity contribution in [1.82, 2.24) is 9.78 Å². The molecule has 1 atom stereocenters. The molecule has 0 fully saturated rings. The summed E-state index contributed by atoms with van der Waals surface area (Å²) in [5, 5.41) is 9.85. The highest BCUT2D eigenvalue weighted by atomic mass is 19.1. The van der Waals surface area contributed by atoms with Gasteiger partial charge in [0.1, 0.15) is 17.5 Å². The molecular formula is C23H22F2N4O2. The summed E-state index contributed by atoms with van der Waals surface area (Å²) in [7, 11) is 0. The smallest absolute Gasteiger partial charge is 0.227 e. The van der Waals surface area contributed by atoms with Crippen LogP contribution in [0.5, 0.6) is 0 Å². The average molecular weight is 424 g/mol. The van der Waals surface area contributed by atoms with Crippen molar-refractivity contribution in [2.75, 3.05) is 10.6 Å². The van der Waals surface area contributed by atoms with E-state index in [0.717, 1.165) is 29.4 Å². The van der Waals surface area contributed by atoms with Crippen LogP contribution >= 0.6 is 0 Å². The number of amides is 2. The molecule has 4 rings (SSSR count). The van der Waals surface area contributed by atoms with E-state index < -0.39 is 11.6 Å². The van der Waals surface area contributed by atoms with Crippen molar-refractivity contribution < 1.29 is 18.4 Å². The minimum absolute atomic E-state index is 0.0190. The maximum atomic E-state index is 14.0. The second-order valence-electron chi connectivity index (χ2n) is 7.70. The average Bonchev–Trinajstić information content (AvgIpc) is 3.08. The quantitative estimate of drug-likeness (QED) is 0.627. The Morgan fingerprint density at radius 1 is 1.26 bits per heavy atom. The van der Waals surface area contributed by atoms with Gasteiger partial charge in [0.25, 0.3) is 0 Å². The van der Waals surface area contributed by atoms with Gasteiger partial charge in [-0.15, -0.1) is 0 Å². The van der Waals surface area contributed by atoms with Crippen LogP contribution in [-0.4, -0.2) is 21.6 Å². The van der Waals surface area contributed by atoms with E-state index in [-0.39, 0.29) is 36.3 Å². The second kappa shape index (κ2) is 8.67. The number of carbonyl (C=O) groups excluding carboxylic acids is 2. The summed E-state index contributed by atoms with van der Waals surface area (Å²) in [5.74, 6) is -1.31. The van der Waals surface area contributed by atoms with Gasteiger partial charge < -0.3 is 10.6 Å². The second-order valence-corrected chi connectivity index (χ2v) is 7.70. The first-order valence-electron chi connectivity index (χ1n) is 10.1. The van der Waals surface area contributed by atoms with E-state index in [1.54, 1.807) is 13.1 Å². The predicted octanol–water partition coefficient (Wildman–Crippen LogP) is 4.05. The molecule has 1 aromatic heterocycles. The van der Waals surface area contributed by atoms with E-state index in [1.807, 2.05) is 24.3 Å². The van der Waals surface area contributed by atoms with Crippen LogP contribution in [0.3, 0.4) is 0 Å². The standard InChI is InChI=1S/C23H22F2N4O2/c1-14-12-26-29(13-17-11-18(24)7-8-19(17)25)22(14)28-21(30)9-6-16-10-15-4-2-3-5-20(15)27-23(16)31/h2-5,7-8,11-12,16H,6,9-10,13H2,1H3,(H,27,31)(H,28,30). The molecule has 2 aromatic carbocycles. The minimum atomic E-state index is -0.546. The molecule has 8 heteroatoms. The zero-order valence-electron chi connectivity index (χ0n) is 17.0. The van der Waals surface area contributed by atoms with Crippen LogP contribution in [0.2, 0.25) is 0 Å². The number of fused-ring (bicyclic) bond motifs is 1. The zero-order valence-corrected chi connectivity index (χ0v) is 17.0. The predicted molar refractivity (Wildman–Crippen MR) is 113 cm³/mol. The number of hydrogen-bond donors (Lipinski definition) is 2. The van der Waals surface area contributed by atoms with Crippen LogP contribution in [0, 0.1) is 24.5 Å². The maximum absolute atomic E-state index is 14.0. The first-order valence-corrected chi connectivity index (χ1v) is 10.1. The third-order valence-electron chi connectivity index (χ3n) is 5.44. The maximum Gasteiger partial charge on any atom is 0.227 e. The van der Waals surface area contributed by atoms with Gasteiger partial charge in [0, 0.05) is 29.2 Å². The Balaban J connectivity index is 1.40. The molecule has 0 saturated carbocycles. The fraction of sp³-hybridized carbons (Fsp3) is 0.261. The van der Waals surface area contributed by atoms with Crippen molar-refractivity contribution in [2.45, 2.75) is 32.7 Å². The number of hydrogen-bond acceptors (Lipinski definition) is 3. The summed E-state index contributed by atoms with van der Waals surface area (Å²) >= 11 is 0. The van der Waals surface area contributed by atoms with Gasteiger partial charge >= 0.3 is 0 Å². The van der Waals surface area contributed by atoms with Gasteiger partial charge in [0.05, 0.1) is 12.7 Å². The van der Waals surface area contributed by atoms with Crippen molar-refractivity contribution in [3.8, 4) is 0 Å². The van der Waals surface area contributed by atoms with Crippen molar-refractivity contribution in [3.63, 3.8) is 0 Å². The number of rotatable bonds is 6. The topological polar surface area (TPSA) is 76.0 Å². The summed E-state index contributed by atoms with van der Waals surface area (Å²) in [6.07, 6.45) is 2.69. The van der Waals surface area contributed by atoms with E-state index in [1.165, 1.54) is 4.68 Å². The van der Waals surface area contributed by atoms with Crippen molar-refractivity contribution in [3.05, 3.63) is 77.0 Å². The van der Waals surface area contributed by atoms with Gasteiger partial charge in [0.2, 0.25) is 11.8 Å². The molecule has 2 amide bonds. The summed E-state index contributed by atoms with van der Waals surface area (Å²) in [5.41, 5.74) is 2.71. The van der Waals surface area contributed by atoms with Crippen LogP contribution in [0.25, 0.3) is 0 Å². The Labute approximate surface area is 178 Å². The first-order chi connectivity index (χ1) is 14.9. The van der Waals surface area contributed by atoms with Crippen LogP contribution in [0.4, 0.5) is 20.3 Å². The number of para-hydroxylation sites is 1. The Hall–Kier alpha value is -3.55. The van der Waals surface area contributed by atoms with Gasteiger partial charge in [-0.3, -0.25) is 9.59 Å². The van der Waals surface area contributed by atoms with Gasteiger partial charge in [0.15, 0.2) is 0 Å². The van der Waals surface area contributed by atoms with E-state index >= 15 is 0 Å². The molecule has 1 aliphatic rings. The summed E-state index contributed by atoms with van der Waals surface area (Å²) in [4.78, 5) is 24.9. The van der Waals surface area contributed by atoms with E-state index in [2.05, 4.69) is 15.7 Å². The summed E-state index contributed by atoms with van der Waals surface area (Å²) in [6, 6.07) is 10.8. The van der Waals surface area contributed by atoms with Gasteiger partial charge in [-0.25, -0.2) is 13.5 Å². The van der Waals surface area contributed by atoms with Crippen LogP contribution in [0.1, 0.15) is 29.5 Å². The Bertz CT molecular complexity index is 1140. The highest BCUT2D eigenvalue weighted by molar-refractivity contribution is 5.96. The van der Waals surface area contributed by atoms with Crippen LogP contribution in [0.15, 0.2) is 48.7 Å². The molecule has 3 aromatic rings. The number of carbonyl (C=O) groups is 2. The monoisotopic (exact) mass is 424 g/mol. The number of anilines is 2. The lowest BCUT2D eigenvalue weighted by Gasteiger charge is -2.24. The molecular weight excluding hydrogens is 402 g/mol. The lowest BCUT2D eigenvalue weighted by Crippen LogP contribution is -2.30. The molecule has 2 N–H and O–H groups in total. The summed E-state index contributed by atoms with van der Waals surface area (Å²) in [6.45, 7) is 1.75. The highest BCUT2D eigenvalue weighted by Gasteiger charge is 2.26. The fourth-order valence-corrected chi connectivity index (χ4v) is 3.73. The highest BCUT2D eigenvalue weighted by Crippen LogP contribution is 2.28. The molecule has 160 valence electrons. The molecule has 6 nitrogen and oxygen atoms in total. The third-order valence-corrected chi connectivity index (χ3v) is 5.44. The van der Waals surface area contributed by atoms with Crippen LogP contribution in [-0.2, 0) is 22.6 Å². The van der Waals surface area contributed by atoms with Crippen molar-refractivity contribution >= 4 is 23.3 Å². The molecule has 1 aliphatic heterocycles. The molecule has 0 saturated heterocycles. The number of aryl methyl sites for hydroxylation is 1. The molecule has 0 bridgehead atoms. The van der Waals surface area contributed by atoms with E-state index in [0.29, 0.717) is 24.2 Å². The zero-order chi connectivity index (χ0) is 22.0. The first kappa shape index (κ1) is 20.7. The van der Waals surface area contributed by atoms with Crippen LogP contribution < -0.4 is 10.6 Å². The SMILES string of the molecule is Cc1cnn(Cc2cc(F)ccc2F)c1NC(=O)CCC1Cc2ccccc2NC1=O. The Kier molecular flexibility index (Phi) is 5.79. The number of aromatic nitrogens is 2. The lowest BCUT2D eigenvalue weighted by molar-refractivity contribution is -0.121. The molecule has 1 unspecified atom stereocenters. The molecule has 31 heavy (non-hydrogen) atoms.